The van der Waals surface area contributed by atoms with Crippen LogP contribution in [0.25, 0.3) is 10.6 Å². The smallest absolute Gasteiger partial charge is 0.159 e. The summed E-state index contributed by atoms with van der Waals surface area (Å²) >= 11 is 1.51. The fraction of sp³-hybridized carbons (Fsp3) is 0.478. The van der Waals surface area contributed by atoms with Crippen molar-refractivity contribution >= 4 is 29.2 Å². The first-order chi connectivity index (χ1) is 13.3. The third-order valence-electron chi connectivity index (χ3n) is 4.98. The molecule has 0 radical (unpaired) electrons. The van der Waals surface area contributed by atoms with E-state index >= 15 is 0 Å². The number of Topliss-reactive ketones (excluding diaryl/α,β-unsaturated/α-hetero) is 2. The Morgan fingerprint density at radius 1 is 1.14 bits per heavy atom. The Morgan fingerprint density at radius 2 is 1.79 bits per heavy atom. The van der Waals surface area contributed by atoms with Crippen LogP contribution in [-0.4, -0.2) is 22.8 Å². The minimum absolute atomic E-state index is 0.0167. The van der Waals surface area contributed by atoms with Crippen molar-refractivity contribution in [3.05, 3.63) is 40.4 Å². The van der Waals surface area contributed by atoms with E-state index in [0.29, 0.717) is 17.2 Å². The highest BCUT2D eigenvalue weighted by Crippen LogP contribution is 2.34. The van der Waals surface area contributed by atoms with Crippen LogP contribution in [0.15, 0.2) is 24.3 Å². The van der Waals surface area contributed by atoms with Gasteiger partial charge in [0.15, 0.2) is 11.6 Å². The molecule has 0 spiro atoms. The molecule has 4 nitrogen and oxygen atoms in total. The van der Waals surface area contributed by atoms with Crippen LogP contribution in [0.2, 0.25) is 0 Å². The molecule has 0 N–H and O–H groups in total. The standard InChI is InChI=1S/C23H29NO3S/c1-6-16(12-14(3)4)22(27)19(13-25)21-20(7-2)28-23(24-21)18-10-8-17(9-11-18)15(5)26/h8-11,13-14,16,19H,6-7,12H2,1-5H3/t16-,19?/m1/s1. The van der Waals surface area contributed by atoms with Gasteiger partial charge in [-0.05, 0) is 32.1 Å². The fourth-order valence-electron chi connectivity index (χ4n) is 3.40. The number of aryl methyl sites for hydroxylation is 1. The second kappa shape index (κ2) is 9.87. The SMILES string of the molecule is CCc1sc(-c2ccc(C(C)=O)cc2)nc1C(C=O)C(=O)[C@H](CC)CC(C)C. The van der Waals surface area contributed by atoms with E-state index in [0.717, 1.165) is 41.0 Å². The average molecular weight is 400 g/mol. The van der Waals surface area contributed by atoms with Gasteiger partial charge in [0.25, 0.3) is 0 Å². The van der Waals surface area contributed by atoms with Gasteiger partial charge < -0.3 is 4.79 Å². The highest BCUT2D eigenvalue weighted by molar-refractivity contribution is 7.15. The monoisotopic (exact) mass is 399 g/mol. The van der Waals surface area contributed by atoms with Crippen molar-refractivity contribution in [3.63, 3.8) is 0 Å². The van der Waals surface area contributed by atoms with E-state index in [-0.39, 0.29) is 17.5 Å². The van der Waals surface area contributed by atoms with Gasteiger partial charge in [0, 0.05) is 21.9 Å². The zero-order chi connectivity index (χ0) is 20.8. The summed E-state index contributed by atoms with van der Waals surface area (Å²) in [6.45, 7) is 9.73. The number of carbonyl (C=O) groups excluding carboxylic acids is 3. The highest BCUT2D eigenvalue weighted by Gasteiger charge is 2.31. The van der Waals surface area contributed by atoms with Crippen LogP contribution >= 0.6 is 11.3 Å². The van der Waals surface area contributed by atoms with Crippen molar-refractivity contribution in [1.29, 1.82) is 0 Å². The number of rotatable bonds is 10. The van der Waals surface area contributed by atoms with E-state index in [1.54, 1.807) is 12.1 Å². The molecule has 1 aromatic carbocycles. The Bertz CT molecular complexity index is 836. The maximum atomic E-state index is 13.1. The Kier molecular flexibility index (Phi) is 7.81. The molecule has 2 aromatic rings. The van der Waals surface area contributed by atoms with Crippen LogP contribution < -0.4 is 0 Å². The molecule has 0 aliphatic carbocycles. The molecular formula is C23H29NO3S. The lowest BCUT2D eigenvalue weighted by Gasteiger charge is -2.19. The van der Waals surface area contributed by atoms with Crippen LogP contribution in [0, 0.1) is 11.8 Å². The number of ketones is 2. The Balaban J connectivity index is 2.39. The Morgan fingerprint density at radius 3 is 2.25 bits per heavy atom. The molecule has 0 fully saturated rings. The van der Waals surface area contributed by atoms with Gasteiger partial charge in [0.1, 0.15) is 17.2 Å². The molecule has 2 rings (SSSR count). The van der Waals surface area contributed by atoms with Gasteiger partial charge in [-0.25, -0.2) is 4.98 Å². The van der Waals surface area contributed by atoms with Gasteiger partial charge in [-0.15, -0.1) is 11.3 Å². The maximum Gasteiger partial charge on any atom is 0.159 e. The molecule has 150 valence electrons. The van der Waals surface area contributed by atoms with Gasteiger partial charge in [-0.3, -0.25) is 9.59 Å². The van der Waals surface area contributed by atoms with Gasteiger partial charge >= 0.3 is 0 Å². The number of aldehydes is 1. The maximum absolute atomic E-state index is 13.1. The molecule has 1 unspecified atom stereocenters. The van der Waals surface area contributed by atoms with Crippen LogP contribution in [0.3, 0.4) is 0 Å². The van der Waals surface area contributed by atoms with E-state index in [4.69, 9.17) is 4.98 Å². The first-order valence-electron chi connectivity index (χ1n) is 9.92. The molecule has 0 bridgehead atoms. The Labute approximate surface area is 171 Å². The van der Waals surface area contributed by atoms with Crippen molar-refractivity contribution in [2.45, 2.75) is 59.8 Å². The van der Waals surface area contributed by atoms with E-state index in [1.807, 2.05) is 26.0 Å². The van der Waals surface area contributed by atoms with Crippen molar-refractivity contribution in [1.82, 2.24) is 4.98 Å². The molecule has 0 amide bonds. The topological polar surface area (TPSA) is 64.1 Å². The largest absolute Gasteiger partial charge is 0.302 e. The molecule has 5 heteroatoms. The zero-order valence-electron chi connectivity index (χ0n) is 17.3. The molecule has 2 atom stereocenters. The van der Waals surface area contributed by atoms with Gasteiger partial charge in [0.05, 0.1) is 5.69 Å². The van der Waals surface area contributed by atoms with Crippen molar-refractivity contribution in [2.24, 2.45) is 11.8 Å². The molecule has 0 saturated heterocycles. The number of hydrogen-bond donors (Lipinski definition) is 0. The summed E-state index contributed by atoms with van der Waals surface area (Å²) < 4.78 is 0. The third kappa shape index (κ3) is 5.02. The number of carbonyl (C=O) groups is 3. The first-order valence-corrected chi connectivity index (χ1v) is 10.7. The number of hydrogen-bond acceptors (Lipinski definition) is 5. The van der Waals surface area contributed by atoms with Crippen molar-refractivity contribution in [3.8, 4) is 10.6 Å². The van der Waals surface area contributed by atoms with Gasteiger partial charge in [-0.2, -0.15) is 0 Å². The van der Waals surface area contributed by atoms with Crippen molar-refractivity contribution < 1.29 is 14.4 Å². The summed E-state index contributed by atoms with van der Waals surface area (Å²) in [5.41, 5.74) is 2.14. The minimum Gasteiger partial charge on any atom is -0.302 e. The fourth-order valence-corrected chi connectivity index (χ4v) is 4.46. The van der Waals surface area contributed by atoms with Crippen LogP contribution in [0.5, 0.6) is 0 Å². The minimum atomic E-state index is -0.805. The second-order valence-electron chi connectivity index (χ2n) is 7.57. The summed E-state index contributed by atoms with van der Waals surface area (Å²) in [6.07, 6.45) is 2.98. The van der Waals surface area contributed by atoms with Gasteiger partial charge in [0.2, 0.25) is 0 Å². The summed E-state index contributed by atoms with van der Waals surface area (Å²) in [5, 5.41) is 0.776. The summed E-state index contributed by atoms with van der Waals surface area (Å²) in [4.78, 5) is 42.1. The lowest BCUT2D eigenvalue weighted by Crippen LogP contribution is -2.25. The molecule has 1 aromatic heterocycles. The zero-order valence-corrected chi connectivity index (χ0v) is 18.1. The quantitative estimate of drug-likeness (QED) is 0.301. The summed E-state index contributed by atoms with van der Waals surface area (Å²) in [5.74, 6) is -0.537. The Hall–Kier alpha value is -2.14. The highest BCUT2D eigenvalue weighted by atomic mass is 32.1. The normalized spacial score (nSPS) is 13.4. The summed E-state index contributed by atoms with van der Waals surface area (Å²) in [7, 11) is 0. The number of nitrogens with zero attached hydrogens (tertiary/aromatic N) is 1. The third-order valence-corrected chi connectivity index (χ3v) is 6.24. The molecule has 28 heavy (non-hydrogen) atoms. The lowest BCUT2D eigenvalue weighted by molar-refractivity contribution is -0.128. The second-order valence-corrected chi connectivity index (χ2v) is 8.65. The van der Waals surface area contributed by atoms with Crippen LogP contribution in [0.4, 0.5) is 0 Å². The number of benzene rings is 1. The molecular weight excluding hydrogens is 370 g/mol. The number of aromatic nitrogens is 1. The predicted octanol–water partition coefficient (Wildman–Crippen LogP) is 5.50. The average Bonchev–Trinajstić information content (AvgIpc) is 3.10. The lowest BCUT2D eigenvalue weighted by atomic mass is 9.84. The molecule has 1 heterocycles. The molecule has 0 aliphatic heterocycles. The van der Waals surface area contributed by atoms with E-state index in [9.17, 15) is 14.4 Å². The number of thiazole rings is 1. The van der Waals surface area contributed by atoms with E-state index in [1.165, 1.54) is 18.3 Å². The van der Waals surface area contributed by atoms with Gasteiger partial charge in [-0.1, -0.05) is 52.0 Å². The van der Waals surface area contributed by atoms with E-state index < -0.39 is 5.92 Å². The first kappa shape index (κ1) is 22.2. The van der Waals surface area contributed by atoms with Crippen LogP contribution in [-0.2, 0) is 16.0 Å². The van der Waals surface area contributed by atoms with E-state index in [2.05, 4.69) is 13.8 Å². The molecule has 0 aliphatic rings. The van der Waals surface area contributed by atoms with Crippen molar-refractivity contribution in [2.75, 3.05) is 0 Å². The molecule has 0 saturated carbocycles. The predicted molar refractivity (Wildman–Crippen MR) is 114 cm³/mol. The summed E-state index contributed by atoms with van der Waals surface area (Å²) in [6, 6.07) is 7.29. The van der Waals surface area contributed by atoms with Crippen LogP contribution in [0.1, 0.15) is 74.3 Å².